The van der Waals surface area contributed by atoms with Gasteiger partial charge in [0.1, 0.15) is 0 Å². The van der Waals surface area contributed by atoms with Crippen LogP contribution in [0.15, 0.2) is 0 Å². The number of carbonyl (C=O) groups excluding carboxylic acids is 1. The molecule has 82 valence electrons. The maximum Gasteiger partial charge on any atom is 0.221 e. The highest BCUT2D eigenvalue weighted by atomic mass is 16.3. The van der Waals surface area contributed by atoms with Crippen LogP contribution in [0.3, 0.4) is 0 Å². The van der Waals surface area contributed by atoms with E-state index >= 15 is 0 Å². The number of nitrogens with two attached hydrogens (primary N) is 1. The van der Waals surface area contributed by atoms with E-state index in [0.29, 0.717) is 19.4 Å². The topological polar surface area (TPSA) is 75.3 Å². The molecule has 0 aromatic heterocycles. The van der Waals surface area contributed by atoms with Gasteiger partial charge in [0.2, 0.25) is 5.91 Å². The highest BCUT2D eigenvalue weighted by Crippen LogP contribution is 2.31. The van der Waals surface area contributed by atoms with E-state index in [-0.39, 0.29) is 11.4 Å². The molecule has 4 heteroatoms. The van der Waals surface area contributed by atoms with Gasteiger partial charge in [-0.3, -0.25) is 4.79 Å². The number of hydrogen-bond donors (Lipinski definition) is 3. The molecule has 1 unspecified atom stereocenters. The lowest BCUT2D eigenvalue weighted by Gasteiger charge is -2.37. The molecule has 1 amide bonds. The van der Waals surface area contributed by atoms with E-state index < -0.39 is 6.10 Å². The Morgan fingerprint density at radius 1 is 1.64 bits per heavy atom. The quantitative estimate of drug-likeness (QED) is 0.591. The standard InChI is InChI=1S/C10H20N2O2/c1-2-8(13)7-12-9(14)6-10(11)4-3-5-10/h8,13H,2-7,11H2,1H3,(H,12,14). The van der Waals surface area contributed by atoms with E-state index in [4.69, 9.17) is 5.73 Å². The van der Waals surface area contributed by atoms with Crippen LogP contribution in [-0.2, 0) is 4.79 Å². The zero-order chi connectivity index (χ0) is 10.6. The van der Waals surface area contributed by atoms with Gasteiger partial charge >= 0.3 is 0 Å². The Hall–Kier alpha value is -0.610. The van der Waals surface area contributed by atoms with Crippen LogP contribution in [0.4, 0.5) is 0 Å². The van der Waals surface area contributed by atoms with Gasteiger partial charge in [-0.2, -0.15) is 0 Å². The van der Waals surface area contributed by atoms with Crippen LogP contribution in [0.25, 0.3) is 0 Å². The van der Waals surface area contributed by atoms with Crippen molar-refractivity contribution in [2.75, 3.05) is 6.54 Å². The molecule has 0 radical (unpaired) electrons. The molecule has 14 heavy (non-hydrogen) atoms. The lowest BCUT2D eigenvalue weighted by molar-refractivity contribution is -0.123. The normalized spacial score (nSPS) is 21.1. The fourth-order valence-corrected chi connectivity index (χ4v) is 1.57. The molecule has 0 bridgehead atoms. The minimum absolute atomic E-state index is 0.0419. The molecule has 1 aliphatic rings. The first-order valence-electron chi connectivity index (χ1n) is 5.29. The van der Waals surface area contributed by atoms with Crippen LogP contribution >= 0.6 is 0 Å². The first-order valence-corrected chi connectivity index (χ1v) is 5.29. The van der Waals surface area contributed by atoms with Gasteiger partial charge in [0.15, 0.2) is 0 Å². The Morgan fingerprint density at radius 3 is 2.71 bits per heavy atom. The van der Waals surface area contributed by atoms with E-state index in [1.807, 2.05) is 6.92 Å². The Balaban J connectivity index is 2.16. The summed E-state index contributed by atoms with van der Waals surface area (Å²) in [5, 5.41) is 11.9. The first-order chi connectivity index (χ1) is 6.56. The van der Waals surface area contributed by atoms with Gasteiger partial charge in [-0.15, -0.1) is 0 Å². The fraction of sp³-hybridized carbons (Fsp3) is 0.900. The Morgan fingerprint density at radius 2 is 2.29 bits per heavy atom. The van der Waals surface area contributed by atoms with E-state index in [2.05, 4.69) is 5.32 Å². The zero-order valence-electron chi connectivity index (χ0n) is 8.75. The third-order valence-electron chi connectivity index (χ3n) is 2.87. The molecule has 4 N–H and O–H groups in total. The Kier molecular flexibility index (Phi) is 3.89. The minimum Gasteiger partial charge on any atom is -0.391 e. The van der Waals surface area contributed by atoms with Gasteiger partial charge < -0.3 is 16.2 Å². The average Bonchev–Trinajstić information content (AvgIpc) is 2.11. The lowest BCUT2D eigenvalue weighted by atomic mass is 9.75. The molecule has 1 rings (SSSR count). The molecule has 4 nitrogen and oxygen atoms in total. The van der Waals surface area contributed by atoms with Gasteiger partial charge in [0.05, 0.1) is 6.10 Å². The van der Waals surface area contributed by atoms with Gasteiger partial charge in [-0.25, -0.2) is 0 Å². The van der Waals surface area contributed by atoms with Gasteiger partial charge in [0.25, 0.3) is 0 Å². The first kappa shape index (κ1) is 11.5. The molecule has 0 saturated heterocycles. The maximum atomic E-state index is 11.4. The van der Waals surface area contributed by atoms with Gasteiger partial charge in [0, 0.05) is 18.5 Å². The van der Waals surface area contributed by atoms with Crippen molar-refractivity contribution in [1.29, 1.82) is 0 Å². The molecule has 0 spiro atoms. The SMILES string of the molecule is CCC(O)CNC(=O)CC1(N)CCC1. The number of amides is 1. The predicted molar refractivity (Wildman–Crippen MR) is 54.7 cm³/mol. The number of rotatable bonds is 5. The zero-order valence-corrected chi connectivity index (χ0v) is 8.75. The van der Waals surface area contributed by atoms with Crippen LogP contribution in [-0.4, -0.2) is 29.2 Å². The lowest BCUT2D eigenvalue weighted by Crippen LogP contribution is -2.50. The van der Waals surface area contributed by atoms with Crippen molar-refractivity contribution in [3.8, 4) is 0 Å². The third-order valence-corrected chi connectivity index (χ3v) is 2.87. The molecule has 1 aliphatic carbocycles. The van der Waals surface area contributed by atoms with Crippen molar-refractivity contribution in [3.63, 3.8) is 0 Å². The predicted octanol–water partition coefficient (Wildman–Crippen LogP) is 0.145. The molecule has 0 aromatic rings. The van der Waals surface area contributed by atoms with E-state index in [9.17, 15) is 9.90 Å². The summed E-state index contributed by atoms with van der Waals surface area (Å²) in [6.07, 6.45) is 3.63. The van der Waals surface area contributed by atoms with E-state index in [1.165, 1.54) is 0 Å². The van der Waals surface area contributed by atoms with Crippen molar-refractivity contribution in [2.45, 2.75) is 50.7 Å². The molecule has 0 heterocycles. The largest absolute Gasteiger partial charge is 0.391 e. The number of carbonyl (C=O) groups is 1. The van der Waals surface area contributed by atoms with Gasteiger partial charge in [-0.05, 0) is 25.7 Å². The molecule has 0 aliphatic heterocycles. The van der Waals surface area contributed by atoms with Crippen LogP contribution in [0.5, 0.6) is 0 Å². The number of nitrogens with one attached hydrogen (secondary N) is 1. The third kappa shape index (κ3) is 3.27. The van der Waals surface area contributed by atoms with Gasteiger partial charge in [-0.1, -0.05) is 6.92 Å². The number of aliphatic hydroxyl groups excluding tert-OH is 1. The van der Waals surface area contributed by atoms with Crippen LogP contribution in [0.1, 0.15) is 39.0 Å². The second-order valence-corrected chi connectivity index (χ2v) is 4.26. The second kappa shape index (κ2) is 4.75. The summed E-state index contributed by atoms with van der Waals surface area (Å²) in [4.78, 5) is 11.4. The van der Waals surface area contributed by atoms with Crippen molar-refractivity contribution >= 4 is 5.91 Å². The summed E-state index contributed by atoms with van der Waals surface area (Å²) < 4.78 is 0. The van der Waals surface area contributed by atoms with E-state index in [1.54, 1.807) is 0 Å². The average molecular weight is 200 g/mol. The van der Waals surface area contributed by atoms with Crippen molar-refractivity contribution in [1.82, 2.24) is 5.32 Å². The summed E-state index contributed by atoms with van der Waals surface area (Å²) in [6, 6.07) is 0. The molecule has 1 saturated carbocycles. The minimum atomic E-state index is -0.436. The number of aliphatic hydroxyl groups is 1. The van der Waals surface area contributed by atoms with Crippen molar-refractivity contribution in [2.24, 2.45) is 5.73 Å². The number of hydrogen-bond acceptors (Lipinski definition) is 3. The van der Waals surface area contributed by atoms with Crippen LogP contribution < -0.4 is 11.1 Å². The summed E-state index contributed by atoms with van der Waals surface area (Å²) in [5.41, 5.74) is 5.66. The molecular formula is C10H20N2O2. The molecule has 1 fully saturated rings. The molecule has 0 aromatic carbocycles. The monoisotopic (exact) mass is 200 g/mol. The molecule has 1 atom stereocenters. The summed E-state index contributed by atoms with van der Waals surface area (Å²) in [5.74, 6) is -0.0419. The molecular weight excluding hydrogens is 180 g/mol. The summed E-state index contributed by atoms with van der Waals surface area (Å²) in [6.45, 7) is 2.22. The highest BCUT2D eigenvalue weighted by molar-refractivity contribution is 5.77. The van der Waals surface area contributed by atoms with Crippen LogP contribution in [0, 0.1) is 0 Å². The Labute approximate surface area is 84.9 Å². The highest BCUT2D eigenvalue weighted by Gasteiger charge is 2.34. The Bertz CT molecular complexity index is 202. The van der Waals surface area contributed by atoms with Crippen molar-refractivity contribution < 1.29 is 9.90 Å². The second-order valence-electron chi connectivity index (χ2n) is 4.26. The van der Waals surface area contributed by atoms with Crippen LogP contribution in [0.2, 0.25) is 0 Å². The maximum absolute atomic E-state index is 11.4. The smallest absolute Gasteiger partial charge is 0.221 e. The van der Waals surface area contributed by atoms with E-state index in [0.717, 1.165) is 19.3 Å². The fourth-order valence-electron chi connectivity index (χ4n) is 1.57. The van der Waals surface area contributed by atoms with Crippen molar-refractivity contribution in [3.05, 3.63) is 0 Å². The summed E-state index contributed by atoms with van der Waals surface area (Å²) >= 11 is 0. The summed E-state index contributed by atoms with van der Waals surface area (Å²) in [7, 11) is 0.